The van der Waals surface area contributed by atoms with Crippen molar-refractivity contribution in [1.82, 2.24) is 10.2 Å². The predicted molar refractivity (Wildman–Crippen MR) is 90.0 cm³/mol. The van der Waals surface area contributed by atoms with Gasteiger partial charge in [-0.25, -0.2) is 0 Å². The number of hydrogen-bond donors (Lipinski definition) is 1. The van der Waals surface area contributed by atoms with Crippen molar-refractivity contribution in [2.75, 3.05) is 39.1 Å². The summed E-state index contributed by atoms with van der Waals surface area (Å²) in [7, 11) is 5.38. The van der Waals surface area contributed by atoms with E-state index in [4.69, 9.17) is 11.6 Å². The molecule has 0 heterocycles. The first kappa shape index (κ1) is 17.8. The molecule has 0 aromatic heterocycles. The van der Waals surface area contributed by atoms with Crippen molar-refractivity contribution in [2.24, 2.45) is 5.92 Å². The summed E-state index contributed by atoms with van der Waals surface area (Å²) >= 11 is 6.33. The molecule has 0 aliphatic carbocycles. The molecule has 0 aliphatic rings. The van der Waals surface area contributed by atoms with E-state index in [2.05, 4.69) is 19.2 Å². The normalized spacial score (nSPS) is 10.8. The first-order chi connectivity index (χ1) is 9.81. The van der Waals surface area contributed by atoms with Gasteiger partial charge >= 0.3 is 0 Å². The molecule has 0 spiro atoms. The SMILES string of the molecule is CC(C)CNCc1ccc(N(C)CC(=O)N(C)C)c(Cl)c1. The van der Waals surface area contributed by atoms with Gasteiger partial charge in [-0.15, -0.1) is 0 Å². The lowest BCUT2D eigenvalue weighted by Crippen LogP contribution is -2.34. The molecule has 118 valence electrons. The van der Waals surface area contributed by atoms with E-state index in [1.165, 1.54) is 0 Å². The summed E-state index contributed by atoms with van der Waals surface area (Å²) in [5, 5.41) is 4.07. The Morgan fingerprint density at radius 3 is 2.48 bits per heavy atom. The van der Waals surface area contributed by atoms with E-state index >= 15 is 0 Å². The molecule has 0 fully saturated rings. The lowest BCUT2D eigenvalue weighted by molar-refractivity contribution is -0.127. The maximum atomic E-state index is 11.7. The number of likely N-dealkylation sites (N-methyl/N-ethyl adjacent to an activating group) is 2. The third kappa shape index (κ3) is 5.94. The van der Waals surface area contributed by atoms with Gasteiger partial charge in [0.2, 0.25) is 5.91 Å². The molecule has 5 heteroatoms. The number of hydrogen-bond acceptors (Lipinski definition) is 3. The summed E-state index contributed by atoms with van der Waals surface area (Å²) < 4.78 is 0. The highest BCUT2D eigenvalue weighted by atomic mass is 35.5. The molecule has 0 bridgehead atoms. The first-order valence-corrected chi connectivity index (χ1v) is 7.59. The maximum Gasteiger partial charge on any atom is 0.241 e. The largest absolute Gasteiger partial charge is 0.364 e. The number of nitrogens with zero attached hydrogens (tertiary/aromatic N) is 2. The van der Waals surface area contributed by atoms with Gasteiger partial charge in [0.15, 0.2) is 0 Å². The van der Waals surface area contributed by atoms with E-state index in [0.29, 0.717) is 17.5 Å². The highest BCUT2D eigenvalue weighted by Crippen LogP contribution is 2.26. The Hall–Kier alpha value is -1.26. The maximum absolute atomic E-state index is 11.7. The summed E-state index contributed by atoms with van der Waals surface area (Å²) in [6.45, 7) is 6.46. The third-order valence-corrected chi connectivity index (χ3v) is 3.48. The van der Waals surface area contributed by atoms with Crippen LogP contribution in [-0.4, -0.2) is 45.0 Å². The van der Waals surface area contributed by atoms with Crippen LogP contribution in [0.1, 0.15) is 19.4 Å². The number of rotatable bonds is 7. The molecular weight excluding hydrogens is 286 g/mol. The Bertz CT molecular complexity index is 475. The lowest BCUT2D eigenvalue weighted by atomic mass is 10.1. The monoisotopic (exact) mass is 311 g/mol. The molecule has 1 aromatic carbocycles. The molecular formula is C16H26ClN3O. The third-order valence-electron chi connectivity index (χ3n) is 3.18. The van der Waals surface area contributed by atoms with Crippen LogP contribution in [-0.2, 0) is 11.3 Å². The van der Waals surface area contributed by atoms with Gasteiger partial charge in [0, 0.05) is 27.7 Å². The molecule has 4 nitrogen and oxygen atoms in total. The van der Waals surface area contributed by atoms with Crippen LogP contribution in [0.5, 0.6) is 0 Å². The quantitative estimate of drug-likeness (QED) is 0.841. The minimum Gasteiger partial charge on any atom is -0.364 e. The van der Waals surface area contributed by atoms with E-state index in [9.17, 15) is 4.79 Å². The summed E-state index contributed by atoms with van der Waals surface area (Å²) in [4.78, 5) is 15.2. The Balaban J connectivity index is 2.67. The first-order valence-electron chi connectivity index (χ1n) is 7.21. The summed E-state index contributed by atoms with van der Waals surface area (Å²) in [6, 6.07) is 5.98. The van der Waals surface area contributed by atoms with Crippen LogP contribution in [0.2, 0.25) is 5.02 Å². The Kier molecular flexibility index (Phi) is 6.99. The number of benzene rings is 1. The second-order valence-corrected chi connectivity index (χ2v) is 6.36. The molecule has 0 atom stereocenters. The van der Waals surface area contributed by atoms with E-state index in [1.54, 1.807) is 19.0 Å². The summed E-state index contributed by atoms with van der Waals surface area (Å²) in [6.07, 6.45) is 0. The van der Waals surface area contributed by atoms with Crippen molar-refractivity contribution in [3.8, 4) is 0 Å². The second-order valence-electron chi connectivity index (χ2n) is 5.95. The number of anilines is 1. The minimum atomic E-state index is 0.0521. The van der Waals surface area contributed by atoms with Crippen molar-refractivity contribution < 1.29 is 4.79 Å². The van der Waals surface area contributed by atoms with Gasteiger partial charge in [-0.05, 0) is 30.2 Å². The molecule has 21 heavy (non-hydrogen) atoms. The van der Waals surface area contributed by atoms with Crippen LogP contribution in [0.3, 0.4) is 0 Å². The summed E-state index contributed by atoms with van der Waals surface area (Å²) in [5.41, 5.74) is 2.02. The van der Waals surface area contributed by atoms with Crippen molar-refractivity contribution in [3.05, 3.63) is 28.8 Å². The fraction of sp³-hybridized carbons (Fsp3) is 0.562. The zero-order chi connectivity index (χ0) is 16.0. The molecule has 1 N–H and O–H groups in total. The van der Waals surface area contributed by atoms with E-state index in [-0.39, 0.29) is 5.91 Å². The zero-order valence-electron chi connectivity index (χ0n) is 13.6. The standard InChI is InChI=1S/C16H26ClN3O/c1-12(2)9-18-10-13-6-7-15(14(17)8-13)20(5)11-16(21)19(3)4/h6-8,12,18H,9-11H2,1-5H3. The van der Waals surface area contributed by atoms with Gasteiger partial charge in [-0.3, -0.25) is 4.79 Å². The lowest BCUT2D eigenvalue weighted by Gasteiger charge is -2.22. The molecule has 1 aromatic rings. The van der Waals surface area contributed by atoms with Crippen LogP contribution in [0, 0.1) is 5.92 Å². The summed E-state index contributed by atoms with van der Waals surface area (Å²) in [5.74, 6) is 0.680. The fourth-order valence-electron chi connectivity index (χ4n) is 1.90. The second kappa shape index (κ2) is 8.25. The van der Waals surface area contributed by atoms with Crippen molar-refractivity contribution in [2.45, 2.75) is 20.4 Å². The fourth-order valence-corrected chi connectivity index (χ4v) is 2.25. The smallest absolute Gasteiger partial charge is 0.241 e. The Labute approximate surface area is 133 Å². The predicted octanol–water partition coefficient (Wildman–Crippen LogP) is 2.61. The van der Waals surface area contributed by atoms with E-state index < -0.39 is 0 Å². The Morgan fingerprint density at radius 1 is 1.29 bits per heavy atom. The van der Waals surface area contributed by atoms with Crippen LogP contribution < -0.4 is 10.2 Å². The molecule has 1 rings (SSSR count). The van der Waals surface area contributed by atoms with Crippen LogP contribution >= 0.6 is 11.6 Å². The van der Waals surface area contributed by atoms with Crippen LogP contribution in [0.4, 0.5) is 5.69 Å². The van der Waals surface area contributed by atoms with Crippen molar-refractivity contribution >= 4 is 23.2 Å². The topological polar surface area (TPSA) is 35.6 Å². The minimum absolute atomic E-state index is 0.0521. The number of carbonyl (C=O) groups excluding carboxylic acids is 1. The molecule has 0 aliphatic heterocycles. The van der Waals surface area contributed by atoms with Gasteiger partial charge in [-0.2, -0.15) is 0 Å². The molecule has 0 unspecified atom stereocenters. The average Bonchev–Trinajstić information content (AvgIpc) is 2.37. The number of halogens is 1. The molecule has 1 amide bonds. The molecule has 0 radical (unpaired) electrons. The van der Waals surface area contributed by atoms with Crippen molar-refractivity contribution in [1.29, 1.82) is 0 Å². The molecule has 0 saturated heterocycles. The zero-order valence-corrected chi connectivity index (χ0v) is 14.4. The van der Waals surface area contributed by atoms with Gasteiger partial charge in [0.25, 0.3) is 0 Å². The highest BCUT2D eigenvalue weighted by Gasteiger charge is 2.12. The number of carbonyl (C=O) groups is 1. The van der Waals surface area contributed by atoms with E-state index in [1.807, 2.05) is 30.1 Å². The Morgan fingerprint density at radius 2 is 1.95 bits per heavy atom. The number of nitrogens with one attached hydrogen (secondary N) is 1. The van der Waals surface area contributed by atoms with Crippen molar-refractivity contribution in [3.63, 3.8) is 0 Å². The average molecular weight is 312 g/mol. The van der Waals surface area contributed by atoms with Gasteiger partial charge in [0.05, 0.1) is 17.3 Å². The van der Waals surface area contributed by atoms with Crippen LogP contribution in [0.15, 0.2) is 18.2 Å². The van der Waals surface area contributed by atoms with Crippen LogP contribution in [0.25, 0.3) is 0 Å². The van der Waals surface area contributed by atoms with E-state index in [0.717, 1.165) is 24.3 Å². The van der Waals surface area contributed by atoms with Gasteiger partial charge in [-0.1, -0.05) is 31.5 Å². The van der Waals surface area contributed by atoms with Gasteiger partial charge in [0.1, 0.15) is 0 Å². The molecule has 0 saturated carbocycles. The van der Waals surface area contributed by atoms with Gasteiger partial charge < -0.3 is 15.1 Å². The number of amides is 1. The highest BCUT2D eigenvalue weighted by molar-refractivity contribution is 6.33.